The second kappa shape index (κ2) is 7.50. The molecule has 0 aliphatic carbocycles. The SMILES string of the molecule is COc1ccc(OCCN[C@@H](C)c2ccccn2)cc1. The fraction of sp³-hybridized carbons (Fsp3) is 0.312. The van der Waals surface area contributed by atoms with Gasteiger partial charge in [0.1, 0.15) is 18.1 Å². The molecule has 0 spiro atoms. The van der Waals surface area contributed by atoms with E-state index < -0.39 is 0 Å². The van der Waals surface area contributed by atoms with Crippen LogP contribution < -0.4 is 14.8 Å². The van der Waals surface area contributed by atoms with Crippen molar-refractivity contribution >= 4 is 0 Å². The standard InChI is InChI=1S/C16H20N2O2/c1-13(16-5-3-4-10-18-16)17-11-12-20-15-8-6-14(19-2)7-9-15/h3-10,13,17H,11-12H2,1-2H3/t13-/m0/s1. The van der Waals surface area contributed by atoms with Crippen LogP contribution in [0.5, 0.6) is 11.5 Å². The summed E-state index contributed by atoms with van der Waals surface area (Å²) in [5.74, 6) is 1.68. The quantitative estimate of drug-likeness (QED) is 0.787. The molecule has 0 amide bonds. The van der Waals surface area contributed by atoms with Crippen LogP contribution in [0.1, 0.15) is 18.7 Å². The number of hydrogen-bond acceptors (Lipinski definition) is 4. The van der Waals surface area contributed by atoms with Crippen LogP contribution in [0.2, 0.25) is 0 Å². The van der Waals surface area contributed by atoms with Crippen molar-refractivity contribution in [1.29, 1.82) is 0 Å². The molecule has 4 heteroatoms. The van der Waals surface area contributed by atoms with E-state index in [0.29, 0.717) is 6.61 Å². The summed E-state index contributed by atoms with van der Waals surface area (Å²) < 4.78 is 10.8. The minimum absolute atomic E-state index is 0.218. The number of methoxy groups -OCH3 is 1. The molecule has 1 aromatic carbocycles. The largest absolute Gasteiger partial charge is 0.497 e. The maximum absolute atomic E-state index is 5.65. The van der Waals surface area contributed by atoms with E-state index in [-0.39, 0.29) is 6.04 Å². The number of pyridine rings is 1. The number of aromatic nitrogens is 1. The van der Waals surface area contributed by atoms with Crippen molar-refractivity contribution in [2.45, 2.75) is 13.0 Å². The van der Waals surface area contributed by atoms with E-state index in [0.717, 1.165) is 23.7 Å². The number of nitrogens with zero attached hydrogens (tertiary/aromatic N) is 1. The molecule has 106 valence electrons. The highest BCUT2D eigenvalue weighted by Crippen LogP contribution is 2.16. The second-order valence-electron chi connectivity index (χ2n) is 4.45. The fourth-order valence-electron chi connectivity index (χ4n) is 1.85. The van der Waals surface area contributed by atoms with Gasteiger partial charge in [0.25, 0.3) is 0 Å². The maximum atomic E-state index is 5.65. The van der Waals surface area contributed by atoms with E-state index in [1.807, 2.05) is 42.5 Å². The van der Waals surface area contributed by atoms with Crippen LogP contribution in [0.3, 0.4) is 0 Å². The summed E-state index contributed by atoms with van der Waals surface area (Å²) in [5, 5.41) is 3.38. The van der Waals surface area contributed by atoms with E-state index in [1.165, 1.54) is 0 Å². The molecular formula is C16H20N2O2. The normalized spacial score (nSPS) is 11.9. The summed E-state index contributed by atoms with van der Waals surface area (Å²) in [6.45, 7) is 3.48. The summed E-state index contributed by atoms with van der Waals surface area (Å²) in [7, 11) is 1.65. The number of hydrogen-bond donors (Lipinski definition) is 1. The zero-order valence-electron chi connectivity index (χ0n) is 11.9. The Morgan fingerprint density at radius 1 is 1.10 bits per heavy atom. The lowest BCUT2D eigenvalue weighted by atomic mass is 10.2. The van der Waals surface area contributed by atoms with Gasteiger partial charge in [-0.25, -0.2) is 0 Å². The predicted molar refractivity (Wildman–Crippen MR) is 79.1 cm³/mol. The van der Waals surface area contributed by atoms with E-state index in [4.69, 9.17) is 9.47 Å². The topological polar surface area (TPSA) is 43.4 Å². The van der Waals surface area contributed by atoms with Gasteiger partial charge in [-0.3, -0.25) is 4.98 Å². The van der Waals surface area contributed by atoms with Crippen LogP contribution in [0.25, 0.3) is 0 Å². The molecule has 0 aliphatic heterocycles. The van der Waals surface area contributed by atoms with Gasteiger partial charge in [-0.1, -0.05) is 6.07 Å². The summed E-state index contributed by atoms with van der Waals surface area (Å²) in [6.07, 6.45) is 1.81. The van der Waals surface area contributed by atoms with Crippen LogP contribution in [-0.4, -0.2) is 25.2 Å². The molecule has 0 radical (unpaired) electrons. The molecule has 0 bridgehead atoms. The number of benzene rings is 1. The molecule has 2 rings (SSSR count). The van der Waals surface area contributed by atoms with E-state index in [1.54, 1.807) is 13.3 Å². The van der Waals surface area contributed by atoms with Gasteiger partial charge >= 0.3 is 0 Å². The molecule has 1 heterocycles. The lowest BCUT2D eigenvalue weighted by Gasteiger charge is -2.13. The first-order chi connectivity index (χ1) is 9.79. The van der Waals surface area contributed by atoms with Gasteiger partial charge in [0, 0.05) is 18.8 Å². The summed E-state index contributed by atoms with van der Waals surface area (Å²) >= 11 is 0. The van der Waals surface area contributed by atoms with Crippen LogP contribution in [0.15, 0.2) is 48.7 Å². The highest BCUT2D eigenvalue weighted by atomic mass is 16.5. The molecule has 20 heavy (non-hydrogen) atoms. The minimum atomic E-state index is 0.218. The zero-order valence-corrected chi connectivity index (χ0v) is 11.9. The lowest BCUT2D eigenvalue weighted by Crippen LogP contribution is -2.24. The monoisotopic (exact) mass is 272 g/mol. The number of nitrogens with one attached hydrogen (secondary N) is 1. The van der Waals surface area contributed by atoms with Crippen molar-refractivity contribution < 1.29 is 9.47 Å². The molecule has 0 saturated carbocycles. The van der Waals surface area contributed by atoms with Crippen molar-refractivity contribution in [2.24, 2.45) is 0 Å². The molecule has 0 aliphatic rings. The van der Waals surface area contributed by atoms with Crippen molar-refractivity contribution in [3.63, 3.8) is 0 Å². The minimum Gasteiger partial charge on any atom is -0.497 e. The first-order valence-corrected chi connectivity index (χ1v) is 6.71. The average molecular weight is 272 g/mol. The Morgan fingerprint density at radius 3 is 2.50 bits per heavy atom. The summed E-state index contributed by atoms with van der Waals surface area (Å²) in [6, 6.07) is 13.7. The van der Waals surface area contributed by atoms with E-state index in [2.05, 4.69) is 17.2 Å². The van der Waals surface area contributed by atoms with Crippen LogP contribution in [0.4, 0.5) is 0 Å². The molecule has 1 N–H and O–H groups in total. The first kappa shape index (κ1) is 14.3. The molecule has 1 atom stereocenters. The Kier molecular flexibility index (Phi) is 5.38. The fourth-order valence-corrected chi connectivity index (χ4v) is 1.85. The van der Waals surface area contributed by atoms with Gasteiger partial charge in [0.05, 0.1) is 12.8 Å². The van der Waals surface area contributed by atoms with Gasteiger partial charge in [0.2, 0.25) is 0 Å². The van der Waals surface area contributed by atoms with E-state index >= 15 is 0 Å². The lowest BCUT2D eigenvalue weighted by molar-refractivity contribution is 0.306. The number of rotatable bonds is 7. The van der Waals surface area contributed by atoms with Gasteiger partial charge in [-0.2, -0.15) is 0 Å². The Morgan fingerprint density at radius 2 is 1.85 bits per heavy atom. The third-order valence-corrected chi connectivity index (χ3v) is 3.01. The van der Waals surface area contributed by atoms with Gasteiger partial charge < -0.3 is 14.8 Å². The Hall–Kier alpha value is -2.07. The van der Waals surface area contributed by atoms with Crippen molar-refractivity contribution in [1.82, 2.24) is 10.3 Å². The van der Waals surface area contributed by atoms with Crippen LogP contribution in [-0.2, 0) is 0 Å². The van der Waals surface area contributed by atoms with E-state index in [9.17, 15) is 0 Å². The first-order valence-electron chi connectivity index (χ1n) is 6.71. The van der Waals surface area contributed by atoms with Gasteiger partial charge in [-0.05, 0) is 43.3 Å². The summed E-state index contributed by atoms with van der Waals surface area (Å²) in [5.41, 5.74) is 1.04. The second-order valence-corrected chi connectivity index (χ2v) is 4.45. The molecule has 1 aromatic heterocycles. The highest BCUT2D eigenvalue weighted by molar-refractivity contribution is 5.31. The molecule has 2 aromatic rings. The zero-order chi connectivity index (χ0) is 14.2. The van der Waals surface area contributed by atoms with Gasteiger partial charge in [0.15, 0.2) is 0 Å². The van der Waals surface area contributed by atoms with Crippen molar-refractivity contribution in [3.8, 4) is 11.5 Å². The molecule has 0 unspecified atom stereocenters. The maximum Gasteiger partial charge on any atom is 0.119 e. The molecule has 4 nitrogen and oxygen atoms in total. The van der Waals surface area contributed by atoms with Crippen LogP contribution >= 0.6 is 0 Å². The van der Waals surface area contributed by atoms with Crippen molar-refractivity contribution in [2.75, 3.05) is 20.3 Å². The predicted octanol–water partition coefficient (Wildman–Crippen LogP) is 2.82. The van der Waals surface area contributed by atoms with Crippen molar-refractivity contribution in [3.05, 3.63) is 54.4 Å². The third-order valence-electron chi connectivity index (χ3n) is 3.01. The molecule has 0 fully saturated rings. The average Bonchev–Trinajstić information content (AvgIpc) is 2.53. The van der Waals surface area contributed by atoms with Crippen LogP contribution in [0, 0.1) is 0 Å². The Labute approximate surface area is 119 Å². The summed E-state index contributed by atoms with van der Waals surface area (Å²) in [4.78, 5) is 4.32. The highest BCUT2D eigenvalue weighted by Gasteiger charge is 2.04. The Balaban J connectivity index is 1.70. The molecule has 0 saturated heterocycles. The number of ether oxygens (including phenoxy) is 2. The Bertz CT molecular complexity index is 500. The third kappa shape index (κ3) is 4.24. The smallest absolute Gasteiger partial charge is 0.119 e. The van der Waals surface area contributed by atoms with Gasteiger partial charge in [-0.15, -0.1) is 0 Å². The molecular weight excluding hydrogens is 252 g/mol.